The predicted octanol–water partition coefficient (Wildman–Crippen LogP) is 2.04. The van der Waals surface area contributed by atoms with E-state index in [4.69, 9.17) is 4.74 Å². The van der Waals surface area contributed by atoms with E-state index in [-0.39, 0.29) is 5.69 Å². The van der Waals surface area contributed by atoms with Crippen molar-refractivity contribution in [1.29, 1.82) is 0 Å². The molecule has 0 aromatic heterocycles. The monoisotopic (exact) mass is 291 g/mol. The molecule has 0 amide bonds. The van der Waals surface area contributed by atoms with Gasteiger partial charge in [-0.1, -0.05) is 6.92 Å². The molecule has 114 valence electrons. The maximum absolute atomic E-state index is 11.0. The summed E-state index contributed by atoms with van der Waals surface area (Å²) in [4.78, 5) is 13.0. The number of methoxy groups -OCH3 is 1. The van der Waals surface area contributed by atoms with E-state index in [2.05, 4.69) is 17.1 Å². The molecule has 1 aromatic rings. The molecule has 2 saturated heterocycles. The second kappa shape index (κ2) is 5.52. The second-order valence-corrected chi connectivity index (χ2v) is 5.82. The van der Waals surface area contributed by atoms with Crippen LogP contribution in [0.25, 0.3) is 0 Å². The van der Waals surface area contributed by atoms with E-state index >= 15 is 0 Å². The van der Waals surface area contributed by atoms with Crippen molar-refractivity contribution in [1.82, 2.24) is 5.32 Å². The van der Waals surface area contributed by atoms with Gasteiger partial charge in [0.1, 0.15) is 0 Å². The maximum atomic E-state index is 11.0. The van der Waals surface area contributed by atoms with Crippen molar-refractivity contribution >= 4 is 11.4 Å². The van der Waals surface area contributed by atoms with Crippen LogP contribution >= 0.6 is 0 Å². The Bertz CT molecular complexity index is 549. The van der Waals surface area contributed by atoms with Crippen molar-refractivity contribution in [3.8, 4) is 5.75 Å². The average molecular weight is 291 g/mol. The fourth-order valence-corrected chi connectivity index (χ4v) is 3.84. The topological polar surface area (TPSA) is 67.6 Å². The summed E-state index contributed by atoms with van der Waals surface area (Å²) >= 11 is 0. The molecule has 3 atom stereocenters. The lowest BCUT2D eigenvalue weighted by molar-refractivity contribution is -0.385. The first-order valence-corrected chi connectivity index (χ1v) is 7.45. The molecule has 2 aliphatic rings. The number of nitro groups is 1. The molecule has 1 N–H and O–H groups in total. The third-order valence-electron chi connectivity index (χ3n) is 4.83. The van der Waals surface area contributed by atoms with E-state index in [1.807, 2.05) is 6.07 Å². The van der Waals surface area contributed by atoms with Crippen LogP contribution in [-0.2, 0) is 0 Å². The lowest BCUT2D eigenvalue weighted by Crippen LogP contribution is -2.35. The van der Waals surface area contributed by atoms with E-state index in [1.54, 1.807) is 12.1 Å². The summed E-state index contributed by atoms with van der Waals surface area (Å²) < 4.78 is 5.19. The number of nitro benzene ring substituents is 1. The summed E-state index contributed by atoms with van der Waals surface area (Å²) in [6.45, 7) is 5.36. The first-order chi connectivity index (χ1) is 10.2. The van der Waals surface area contributed by atoms with E-state index < -0.39 is 4.92 Å². The minimum absolute atomic E-state index is 0.0235. The third kappa shape index (κ3) is 2.33. The van der Waals surface area contributed by atoms with Crippen LogP contribution in [0.5, 0.6) is 5.75 Å². The highest BCUT2D eigenvalue weighted by Gasteiger charge is 2.43. The van der Waals surface area contributed by atoms with Crippen LogP contribution in [0, 0.1) is 22.0 Å². The zero-order valence-corrected chi connectivity index (χ0v) is 12.4. The molecular weight excluding hydrogens is 270 g/mol. The Morgan fingerprint density at radius 3 is 2.95 bits per heavy atom. The molecule has 0 aliphatic carbocycles. The molecule has 21 heavy (non-hydrogen) atoms. The summed E-state index contributed by atoms with van der Waals surface area (Å²) in [7, 11) is 1.48. The lowest BCUT2D eigenvalue weighted by Gasteiger charge is -2.29. The molecule has 0 spiro atoms. The number of fused-ring (bicyclic) bond motifs is 1. The predicted molar refractivity (Wildman–Crippen MR) is 80.9 cm³/mol. The van der Waals surface area contributed by atoms with Crippen molar-refractivity contribution in [2.24, 2.45) is 11.8 Å². The number of anilines is 1. The molecule has 2 aliphatic heterocycles. The van der Waals surface area contributed by atoms with E-state index in [1.165, 1.54) is 7.11 Å². The molecule has 1 aromatic carbocycles. The zero-order chi connectivity index (χ0) is 15.0. The Kier molecular flexibility index (Phi) is 3.71. The van der Waals surface area contributed by atoms with Gasteiger partial charge in [-0.3, -0.25) is 10.1 Å². The van der Waals surface area contributed by atoms with Crippen LogP contribution in [0.2, 0.25) is 0 Å². The maximum Gasteiger partial charge on any atom is 0.311 e. The molecule has 0 radical (unpaired) electrons. The Labute approximate surface area is 124 Å². The van der Waals surface area contributed by atoms with Gasteiger partial charge < -0.3 is 15.0 Å². The number of nitrogens with zero attached hydrogens (tertiary/aromatic N) is 2. The minimum Gasteiger partial charge on any atom is -0.490 e. The Morgan fingerprint density at radius 1 is 1.48 bits per heavy atom. The average Bonchev–Trinajstić information content (AvgIpc) is 3.06. The van der Waals surface area contributed by atoms with Crippen molar-refractivity contribution in [2.75, 3.05) is 31.6 Å². The van der Waals surface area contributed by atoms with Crippen molar-refractivity contribution in [3.63, 3.8) is 0 Å². The molecule has 3 rings (SSSR count). The van der Waals surface area contributed by atoms with Gasteiger partial charge >= 0.3 is 5.69 Å². The van der Waals surface area contributed by atoms with Gasteiger partial charge in [-0.2, -0.15) is 0 Å². The summed E-state index contributed by atoms with van der Waals surface area (Å²) in [5, 5.41) is 14.5. The summed E-state index contributed by atoms with van der Waals surface area (Å²) in [6, 6.07) is 5.69. The van der Waals surface area contributed by atoms with E-state index in [0.29, 0.717) is 23.6 Å². The molecule has 2 heterocycles. The number of hydrogen-bond acceptors (Lipinski definition) is 5. The molecule has 3 unspecified atom stereocenters. The van der Waals surface area contributed by atoms with Crippen LogP contribution in [0.3, 0.4) is 0 Å². The summed E-state index contributed by atoms with van der Waals surface area (Å²) in [6.07, 6.45) is 1.09. The number of rotatable bonds is 4. The van der Waals surface area contributed by atoms with Crippen molar-refractivity contribution in [2.45, 2.75) is 19.4 Å². The molecule has 6 nitrogen and oxygen atoms in total. The summed E-state index contributed by atoms with van der Waals surface area (Å²) in [5.41, 5.74) is 1.05. The first kappa shape index (κ1) is 14.1. The van der Waals surface area contributed by atoms with Crippen molar-refractivity contribution < 1.29 is 9.66 Å². The van der Waals surface area contributed by atoms with Crippen LogP contribution in [0.15, 0.2) is 18.2 Å². The van der Waals surface area contributed by atoms with Gasteiger partial charge in [0, 0.05) is 43.5 Å². The SMILES string of the molecule is CCC1C2CNCC2CN1c1ccc([N+](=O)[O-])c(OC)c1. The van der Waals surface area contributed by atoms with Gasteiger partial charge in [0.2, 0.25) is 0 Å². The van der Waals surface area contributed by atoms with Gasteiger partial charge in [0.25, 0.3) is 0 Å². The van der Waals surface area contributed by atoms with Crippen LogP contribution in [0.1, 0.15) is 13.3 Å². The normalized spacial score (nSPS) is 27.7. The quantitative estimate of drug-likeness (QED) is 0.679. The standard InChI is InChI=1S/C15H21N3O3/c1-3-13-12-8-16-7-10(12)9-17(13)11-4-5-14(18(19)20)15(6-11)21-2/h4-6,10,12-13,16H,3,7-9H2,1-2H3. The van der Waals surface area contributed by atoms with Crippen LogP contribution < -0.4 is 15.0 Å². The highest BCUT2D eigenvalue weighted by molar-refractivity contribution is 5.60. The highest BCUT2D eigenvalue weighted by Crippen LogP contribution is 2.40. The molecule has 2 fully saturated rings. The largest absolute Gasteiger partial charge is 0.490 e. The number of hydrogen-bond donors (Lipinski definition) is 1. The van der Waals surface area contributed by atoms with Crippen LogP contribution in [0.4, 0.5) is 11.4 Å². The number of nitrogens with one attached hydrogen (secondary N) is 1. The highest BCUT2D eigenvalue weighted by atomic mass is 16.6. The molecule has 0 bridgehead atoms. The number of benzene rings is 1. The Hall–Kier alpha value is -1.82. The van der Waals surface area contributed by atoms with E-state index in [9.17, 15) is 10.1 Å². The summed E-state index contributed by atoms with van der Waals surface area (Å²) in [5.74, 6) is 1.69. The Balaban J connectivity index is 1.91. The van der Waals surface area contributed by atoms with Gasteiger partial charge in [0.05, 0.1) is 12.0 Å². The fraction of sp³-hybridized carbons (Fsp3) is 0.600. The van der Waals surface area contributed by atoms with Gasteiger partial charge in [-0.05, 0) is 24.3 Å². The third-order valence-corrected chi connectivity index (χ3v) is 4.83. The van der Waals surface area contributed by atoms with Crippen LogP contribution in [-0.4, -0.2) is 37.7 Å². The van der Waals surface area contributed by atoms with Gasteiger partial charge in [0.15, 0.2) is 5.75 Å². The zero-order valence-electron chi connectivity index (χ0n) is 12.4. The molecule has 0 saturated carbocycles. The lowest BCUT2D eigenvalue weighted by atomic mass is 9.93. The second-order valence-electron chi connectivity index (χ2n) is 5.82. The van der Waals surface area contributed by atoms with Gasteiger partial charge in [-0.25, -0.2) is 0 Å². The van der Waals surface area contributed by atoms with E-state index in [0.717, 1.165) is 31.7 Å². The van der Waals surface area contributed by atoms with Gasteiger partial charge in [-0.15, -0.1) is 0 Å². The van der Waals surface area contributed by atoms with Crippen molar-refractivity contribution in [3.05, 3.63) is 28.3 Å². The fourth-order valence-electron chi connectivity index (χ4n) is 3.84. The smallest absolute Gasteiger partial charge is 0.311 e. The number of ether oxygens (including phenoxy) is 1. The molecule has 6 heteroatoms. The Morgan fingerprint density at radius 2 is 2.29 bits per heavy atom. The first-order valence-electron chi connectivity index (χ1n) is 7.45. The molecular formula is C15H21N3O3. The minimum atomic E-state index is -0.400.